The van der Waals surface area contributed by atoms with Crippen LogP contribution in [0.4, 0.5) is 4.79 Å². The van der Waals surface area contributed by atoms with E-state index < -0.39 is 11.7 Å². The Morgan fingerprint density at radius 2 is 2.15 bits per heavy atom. The average molecular weight is 472 g/mol. The van der Waals surface area contributed by atoms with Crippen molar-refractivity contribution in [1.29, 1.82) is 0 Å². The van der Waals surface area contributed by atoms with Crippen LogP contribution in [0.15, 0.2) is 16.8 Å². The maximum atomic E-state index is 11.9. The minimum absolute atomic E-state index is 0.0704. The van der Waals surface area contributed by atoms with Gasteiger partial charge in [-0.3, -0.25) is 10.00 Å². The Morgan fingerprint density at radius 1 is 1.32 bits per heavy atom. The topological polar surface area (TPSA) is 138 Å². The quantitative estimate of drug-likeness (QED) is 0.450. The summed E-state index contributed by atoms with van der Waals surface area (Å²) in [6.45, 7) is 8.51. The van der Waals surface area contributed by atoms with Gasteiger partial charge in [0.05, 0.1) is 5.69 Å². The molecule has 0 aromatic carbocycles. The van der Waals surface area contributed by atoms with Gasteiger partial charge in [0.1, 0.15) is 23.1 Å². The van der Waals surface area contributed by atoms with Gasteiger partial charge in [0.25, 0.3) is 0 Å². The van der Waals surface area contributed by atoms with E-state index in [4.69, 9.17) is 9.26 Å². The monoisotopic (exact) mass is 471 g/mol. The molecule has 2 atom stereocenters. The highest BCUT2D eigenvalue weighted by Crippen LogP contribution is 2.32. The zero-order valence-corrected chi connectivity index (χ0v) is 20.4. The summed E-state index contributed by atoms with van der Waals surface area (Å²) < 4.78 is 14.4. The minimum Gasteiger partial charge on any atom is -0.444 e. The molecule has 3 aromatic rings. The number of amides is 1. The average Bonchev–Trinajstić information content (AvgIpc) is 3.52. The summed E-state index contributed by atoms with van der Waals surface area (Å²) in [7, 11) is 1.89. The molecule has 1 amide bonds. The molecule has 34 heavy (non-hydrogen) atoms. The van der Waals surface area contributed by atoms with Crippen molar-refractivity contribution in [3.63, 3.8) is 0 Å². The molecule has 12 heteroatoms. The van der Waals surface area contributed by atoms with E-state index in [-0.39, 0.29) is 12.1 Å². The maximum absolute atomic E-state index is 11.9. The summed E-state index contributed by atoms with van der Waals surface area (Å²) in [5.41, 5.74) is 2.33. The lowest BCUT2D eigenvalue weighted by Gasteiger charge is -2.21. The lowest BCUT2D eigenvalue weighted by Crippen LogP contribution is -2.33. The predicted octanol–water partition coefficient (Wildman–Crippen LogP) is 2.24. The zero-order chi connectivity index (χ0) is 24.3. The van der Waals surface area contributed by atoms with Crippen molar-refractivity contribution in [2.45, 2.75) is 77.6 Å². The summed E-state index contributed by atoms with van der Waals surface area (Å²) >= 11 is 0. The molecule has 0 bridgehead atoms. The van der Waals surface area contributed by atoms with Crippen LogP contribution >= 0.6 is 0 Å². The Morgan fingerprint density at radius 3 is 2.88 bits per heavy atom. The first-order chi connectivity index (χ1) is 16.2. The summed E-state index contributed by atoms with van der Waals surface area (Å²) in [4.78, 5) is 11.9. The molecule has 1 aliphatic carbocycles. The highest BCUT2D eigenvalue weighted by molar-refractivity contribution is 5.67. The summed E-state index contributed by atoms with van der Waals surface area (Å²) in [5, 5.41) is 27.7. The smallest absolute Gasteiger partial charge is 0.407 e. The van der Waals surface area contributed by atoms with E-state index in [2.05, 4.69) is 43.3 Å². The fourth-order valence-electron chi connectivity index (χ4n) is 4.06. The van der Waals surface area contributed by atoms with E-state index in [0.29, 0.717) is 25.3 Å². The molecule has 0 spiro atoms. The first-order valence-electron chi connectivity index (χ1n) is 11.7. The Hall–Kier alpha value is -3.28. The third-order valence-corrected chi connectivity index (χ3v) is 5.63. The number of carbonyl (C=O) groups is 1. The number of rotatable bonds is 9. The van der Waals surface area contributed by atoms with Crippen molar-refractivity contribution in [2.24, 2.45) is 7.05 Å². The number of aryl methyl sites for hydroxylation is 3. The van der Waals surface area contributed by atoms with Gasteiger partial charge in [0, 0.05) is 44.4 Å². The van der Waals surface area contributed by atoms with Crippen LogP contribution in [0.2, 0.25) is 0 Å². The molecule has 0 radical (unpaired) electrons. The number of carbonyl (C=O) groups excluding carboxylic acids is 1. The number of ether oxygens (including phenoxy) is 1. The minimum atomic E-state index is -0.534. The maximum Gasteiger partial charge on any atom is 0.407 e. The predicted molar refractivity (Wildman–Crippen MR) is 122 cm³/mol. The molecular weight excluding hydrogens is 438 g/mol. The van der Waals surface area contributed by atoms with Crippen LogP contribution in [0, 0.1) is 0 Å². The van der Waals surface area contributed by atoms with Crippen molar-refractivity contribution in [2.75, 3.05) is 6.54 Å². The third kappa shape index (κ3) is 5.61. The van der Waals surface area contributed by atoms with E-state index in [0.717, 1.165) is 42.0 Å². The summed E-state index contributed by atoms with van der Waals surface area (Å²) in [6.07, 6.45) is 4.98. The molecule has 12 nitrogen and oxygen atoms in total. The van der Waals surface area contributed by atoms with Crippen LogP contribution < -0.4 is 10.6 Å². The number of tetrazole rings is 1. The second-order valence-corrected chi connectivity index (χ2v) is 9.60. The van der Waals surface area contributed by atoms with Gasteiger partial charge >= 0.3 is 6.09 Å². The Kier molecular flexibility index (Phi) is 6.96. The number of fused-ring (bicyclic) bond motifs is 1. The molecule has 3 heterocycles. The third-order valence-electron chi connectivity index (χ3n) is 5.63. The van der Waals surface area contributed by atoms with Crippen LogP contribution in [0.25, 0.3) is 0 Å². The van der Waals surface area contributed by atoms with Gasteiger partial charge in [-0.2, -0.15) is 5.10 Å². The van der Waals surface area contributed by atoms with Crippen LogP contribution in [0.5, 0.6) is 0 Å². The van der Waals surface area contributed by atoms with Crippen LogP contribution in [0.3, 0.4) is 0 Å². The summed E-state index contributed by atoms with van der Waals surface area (Å²) in [5.74, 6) is 1.58. The number of hydrogen-bond donors (Lipinski definition) is 2. The second kappa shape index (κ2) is 9.92. The van der Waals surface area contributed by atoms with Crippen molar-refractivity contribution in [3.8, 4) is 0 Å². The second-order valence-electron chi connectivity index (χ2n) is 9.60. The van der Waals surface area contributed by atoms with E-state index >= 15 is 0 Å². The molecule has 0 saturated heterocycles. The van der Waals surface area contributed by atoms with Crippen molar-refractivity contribution in [3.05, 3.63) is 40.8 Å². The van der Waals surface area contributed by atoms with E-state index in [1.165, 1.54) is 0 Å². The lowest BCUT2D eigenvalue weighted by atomic mass is 10.1. The fourth-order valence-corrected chi connectivity index (χ4v) is 4.06. The van der Waals surface area contributed by atoms with E-state index in [1.54, 1.807) is 9.36 Å². The largest absolute Gasteiger partial charge is 0.444 e. The number of hydrogen-bond acceptors (Lipinski definition) is 9. The van der Waals surface area contributed by atoms with Gasteiger partial charge in [0.15, 0.2) is 5.82 Å². The lowest BCUT2D eigenvalue weighted by molar-refractivity contribution is 0.0526. The molecule has 0 fully saturated rings. The molecule has 2 N–H and O–H groups in total. The fraction of sp³-hybridized carbons (Fsp3) is 0.636. The van der Waals surface area contributed by atoms with Crippen LogP contribution in [-0.4, -0.2) is 53.4 Å². The molecule has 184 valence electrons. The molecule has 4 rings (SSSR count). The zero-order valence-electron chi connectivity index (χ0n) is 20.4. The molecule has 3 aromatic heterocycles. The van der Waals surface area contributed by atoms with Crippen LogP contribution in [0.1, 0.15) is 81.2 Å². The number of aromatic nitrogens is 7. The van der Waals surface area contributed by atoms with E-state index in [1.807, 2.05) is 40.1 Å². The molecule has 0 aliphatic heterocycles. The molecule has 1 aliphatic rings. The van der Waals surface area contributed by atoms with Gasteiger partial charge in [-0.05, 0) is 63.5 Å². The van der Waals surface area contributed by atoms with Gasteiger partial charge in [-0.15, -0.1) is 5.10 Å². The Balaban J connectivity index is 1.49. The molecular formula is C22H33N9O3. The standard InChI is InChI=1S/C22H33N9O3/c1-14(16-10-13-30(5)26-16)24-19(18-15-8-6-9-17(15)34-27-18)20-25-28-29-31(20)12-7-11-23-21(32)33-22(2,3)4/h10,13-14,19,24H,6-9,11-12H2,1-5H3,(H,23,32)/t14-,19?/m0/s1. The van der Waals surface area contributed by atoms with Gasteiger partial charge in [0.2, 0.25) is 0 Å². The van der Waals surface area contributed by atoms with E-state index in [9.17, 15) is 4.79 Å². The first-order valence-corrected chi connectivity index (χ1v) is 11.7. The SMILES string of the molecule is C[C@H](NC(c1noc2c1CCC2)c1nnnn1CCCNC(=O)OC(C)(C)C)c1ccn(C)n1. The van der Waals surface area contributed by atoms with Crippen LogP contribution in [-0.2, 0) is 31.2 Å². The first kappa shape index (κ1) is 23.9. The number of nitrogens with one attached hydrogen (secondary N) is 2. The van der Waals surface area contributed by atoms with Gasteiger partial charge in [-0.25, -0.2) is 9.48 Å². The highest BCUT2D eigenvalue weighted by Gasteiger charge is 2.32. The summed E-state index contributed by atoms with van der Waals surface area (Å²) in [6, 6.07) is 1.54. The molecule has 1 unspecified atom stereocenters. The molecule has 0 saturated carbocycles. The van der Waals surface area contributed by atoms with Gasteiger partial charge < -0.3 is 14.6 Å². The Labute approximate surface area is 198 Å². The van der Waals surface area contributed by atoms with Crippen molar-refractivity contribution < 1.29 is 14.1 Å². The normalized spacial score (nSPS) is 15.2. The van der Waals surface area contributed by atoms with Crippen molar-refractivity contribution in [1.82, 2.24) is 45.8 Å². The van der Waals surface area contributed by atoms with Gasteiger partial charge in [-0.1, -0.05) is 5.16 Å². The Bertz CT molecular complexity index is 1110. The highest BCUT2D eigenvalue weighted by atomic mass is 16.6. The number of nitrogens with zero attached hydrogens (tertiary/aromatic N) is 7. The number of alkyl carbamates (subject to hydrolysis) is 1. The van der Waals surface area contributed by atoms with Crippen molar-refractivity contribution >= 4 is 6.09 Å².